The van der Waals surface area contributed by atoms with Crippen molar-refractivity contribution < 1.29 is 9.15 Å². The normalized spacial score (nSPS) is 27.6. The molecule has 3 rings (SSSR count). The van der Waals surface area contributed by atoms with Gasteiger partial charge in [-0.1, -0.05) is 5.10 Å². The maximum Gasteiger partial charge on any atom is 0.315 e. The molecule has 0 spiro atoms. The Morgan fingerprint density at radius 1 is 1.39 bits per heavy atom. The van der Waals surface area contributed by atoms with Crippen molar-refractivity contribution in [2.45, 2.75) is 50.8 Å². The van der Waals surface area contributed by atoms with Gasteiger partial charge in [-0.25, -0.2) is 0 Å². The minimum Gasteiger partial charge on any atom is -0.407 e. The lowest BCUT2D eigenvalue weighted by Gasteiger charge is -2.22. The number of ether oxygens (including phenoxy) is 1. The molecule has 1 aromatic heterocycles. The first kappa shape index (κ1) is 11.9. The Kier molecular flexibility index (Phi) is 3.22. The lowest BCUT2D eigenvalue weighted by atomic mass is 10.0. The van der Waals surface area contributed by atoms with E-state index in [1.807, 2.05) is 0 Å². The fraction of sp³-hybridized carbons (Fsp3) is 0.833. The molecule has 1 aliphatic carbocycles. The second-order valence-electron chi connectivity index (χ2n) is 5.41. The summed E-state index contributed by atoms with van der Waals surface area (Å²) in [7, 11) is 0. The minimum atomic E-state index is -0.0963. The zero-order valence-electron chi connectivity index (χ0n) is 10.7. The van der Waals surface area contributed by atoms with Crippen LogP contribution in [0, 0.1) is 0 Å². The van der Waals surface area contributed by atoms with E-state index in [9.17, 15) is 0 Å². The third-order valence-corrected chi connectivity index (χ3v) is 3.50. The molecule has 2 N–H and O–H groups in total. The van der Waals surface area contributed by atoms with Crippen LogP contribution < -0.4 is 10.6 Å². The van der Waals surface area contributed by atoms with E-state index >= 15 is 0 Å². The van der Waals surface area contributed by atoms with Crippen molar-refractivity contribution >= 4 is 6.01 Å². The number of nitrogens with one attached hydrogen (secondary N) is 2. The van der Waals surface area contributed by atoms with Crippen LogP contribution in [0.4, 0.5) is 6.01 Å². The molecule has 1 unspecified atom stereocenters. The van der Waals surface area contributed by atoms with E-state index < -0.39 is 0 Å². The molecule has 100 valence electrons. The molecular formula is C12H20N4O2. The van der Waals surface area contributed by atoms with Crippen LogP contribution in [0.3, 0.4) is 0 Å². The average Bonchev–Trinajstić information content (AvgIpc) is 2.91. The van der Waals surface area contributed by atoms with Crippen molar-refractivity contribution in [3.8, 4) is 0 Å². The van der Waals surface area contributed by atoms with E-state index in [0.29, 0.717) is 31.0 Å². The van der Waals surface area contributed by atoms with E-state index in [4.69, 9.17) is 9.15 Å². The molecule has 0 aromatic carbocycles. The van der Waals surface area contributed by atoms with Crippen LogP contribution in [-0.4, -0.2) is 35.0 Å². The molecule has 0 radical (unpaired) electrons. The molecule has 6 heteroatoms. The Labute approximate surface area is 106 Å². The summed E-state index contributed by atoms with van der Waals surface area (Å²) in [5.41, 5.74) is -0.0963. The van der Waals surface area contributed by atoms with Gasteiger partial charge < -0.3 is 19.8 Å². The third kappa shape index (κ3) is 3.00. The molecule has 18 heavy (non-hydrogen) atoms. The van der Waals surface area contributed by atoms with Crippen molar-refractivity contribution in [3.05, 3.63) is 5.89 Å². The number of aromatic nitrogens is 2. The van der Waals surface area contributed by atoms with Crippen molar-refractivity contribution in [3.63, 3.8) is 0 Å². The highest BCUT2D eigenvalue weighted by Gasteiger charge is 2.30. The number of hydrogen-bond acceptors (Lipinski definition) is 6. The van der Waals surface area contributed by atoms with Crippen LogP contribution in [-0.2, 0) is 11.3 Å². The first-order valence-corrected chi connectivity index (χ1v) is 6.67. The molecule has 0 amide bonds. The Morgan fingerprint density at radius 2 is 2.28 bits per heavy atom. The summed E-state index contributed by atoms with van der Waals surface area (Å²) in [6.07, 6.45) is 4.71. The van der Waals surface area contributed by atoms with Crippen LogP contribution in [0.2, 0.25) is 0 Å². The summed E-state index contributed by atoms with van der Waals surface area (Å²) in [6.45, 7) is 4.33. The smallest absolute Gasteiger partial charge is 0.315 e. The Balaban J connectivity index is 1.46. The number of rotatable bonds is 6. The molecular weight excluding hydrogens is 232 g/mol. The molecule has 1 aliphatic heterocycles. The lowest BCUT2D eigenvalue weighted by molar-refractivity contribution is 0.0311. The molecule has 1 atom stereocenters. The lowest BCUT2D eigenvalue weighted by Crippen LogP contribution is -2.32. The van der Waals surface area contributed by atoms with Crippen molar-refractivity contribution in [2.75, 3.05) is 18.5 Å². The molecule has 2 heterocycles. The van der Waals surface area contributed by atoms with Crippen LogP contribution in [0.1, 0.15) is 38.5 Å². The summed E-state index contributed by atoms with van der Waals surface area (Å²) in [5, 5.41) is 14.5. The SMILES string of the molecule is CC1(CNc2nnc(CNC3CC3)o2)CCCO1. The quantitative estimate of drug-likeness (QED) is 0.795. The monoisotopic (exact) mass is 252 g/mol. The highest BCUT2D eigenvalue weighted by molar-refractivity contribution is 5.18. The zero-order chi connectivity index (χ0) is 12.4. The first-order valence-electron chi connectivity index (χ1n) is 6.67. The molecule has 2 aliphatic rings. The van der Waals surface area contributed by atoms with Gasteiger partial charge >= 0.3 is 6.01 Å². The summed E-state index contributed by atoms with van der Waals surface area (Å²) < 4.78 is 11.2. The van der Waals surface area contributed by atoms with Gasteiger partial charge in [0.25, 0.3) is 0 Å². The van der Waals surface area contributed by atoms with Gasteiger partial charge in [0, 0.05) is 19.2 Å². The van der Waals surface area contributed by atoms with Crippen LogP contribution in [0.25, 0.3) is 0 Å². The second-order valence-corrected chi connectivity index (χ2v) is 5.41. The molecule has 0 bridgehead atoms. The predicted molar refractivity (Wildman–Crippen MR) is 66.2 cm³/mol. The number of hydrogen-bond donors (Lipinski definition) is 2. The maximum absolute atomic E-state index is 5.69. The van der Waals surface area contributed by atoms with Gasteiger partial charge in [0.15, 0.2) is 0 Å². The van der Waals surface area contributed by atoms with Gasteiger partial charge in [-0.3, -0.25) is 0 Å². The van der Waals surface area contributed by atoms with E-state index in [-0.39, 0.29) is 5.60 Å². The van der Waals surface area contributed by atoms with E-state index in [2.05, 4.69) is 27.8 Å². The topological polar surface area (TPSA) is 72.2 Å². The number of nitrogens with zero attached hydrogens (tertiary/aromatic N) is 2. The van der Waals surface area contributed by atoms with Gasteiger partial charge in [-0.15, -0.1) is 5.10 Å². The van der Waals surface area contributed by atoms with Gasteiger partial charge in [0.1, 0.15) is 0 Å². The second kappa shape index (κ2) is 4.85. The summed E-state index contributed by atoms with van der Waals surface area (Å²) in [4.78, 5) is 0. The molecule has 6 nitrogen and oxygen atoms in total. The Hall–Kier alpha value is -1.14. The third-order valence-electron chi connectivity index (χ3n) is 3.50. The molecule has 1 aromatic rings. The Bertz CT molecular complexity index is 397. The largest absolute Gasteiger partial charge is 0.407 e. The van der Waals surface area contributed by atoms with Gasteiger partial charge in [0.05, 0.1) is 12.1 Å². The highest BCUT2D eigenvalue weighted by atomic mass is 16.5. The summed E-state index contributed by atoms with van der Waals surface area (Å²) in [6, 6.07) is 1.14. The molecule has 2 fully saturated rings. The van der Waals surface area contributed by atoms with Crippen LogP contribution in [0.5, 0.6) is 0 Å². The standard InChI is InChI=1S/C12H20N4O2/c1-12(5-2-6-17-12)8-14-11-16-15-10(18-11)7-13-9-3-4-9/h9,13H,2-8H2,1H3,(H,14,16). The van der Waals surface area contributed by atoms with E-state index in [0.717, 1.165) is 19.4 Å². The van der Waals surface area contributed by atoms with Gasteiger partial charge in [0.2, 0.25) is 5.89 Å². The van der Waals surface area contributed by atoms with Crippen molar-refractivity contribution in [1.82, 2.24) is 15.5 Å². The summed E-state index contributed by atoms with van der Waals surface area (Å²) >= 11 is 0. The van der Waals surface area contributed by atoms with Gasteiger partial charge in [-0.05, 0) is 32.6 Å². The van der Waals surface area contributed by atoms with Gasteiger partial charge in [-0.2, -0.15) is 0 Å². The molecule has 1 saturated carbocycles. The first-order chi connectivity index (χ1) is 8.73. The average molecular weight is 252 g/mol. The Morgan fingerprint density at radius 3 is 3.00 bits per heavy atom. The highest BCUT2D eigenvalue weighted by Crippen LogP contribution is 2.25. The predicted octanol–water partition coefficient (Wildman–Crippen LogP) is 1.30. The van der Waals surface area contributed by atoms with E-state index in [1.165, 1.54) is 12.8 Å². The minimum absolute atomic E-state index is 0.0963. The maximum atomic E-state index is 5.69. The zero-order valence-corrected chi connectivity index (χ0v) is 10.7. The molecule has 1 saturated heterocycles. The number of anilines is 1. The van der Waals surface area contributed by atoms with Crippen molar-refractivity contribution in [2.24, 2.45) is 0 Å². The fourth-order valence-corrected chi connectivity index (χ4v) is 2.15. The van der Waals surface area contributed by atoms with E-state index in [1.54, 1.807) is 0 Å². The fourth-order valence-electron chi connectivity index (χ4n) is 2.15. The van der Waals surface area contributed by atoms with Crippen LogP contribution >= 0.6 is 0 Å². The van der Waals surface area contributed by atoms with Crippen LogP contribution in [0.15, 0.2) is 4.42 Å². The van der Waals surface area contributed by atoms with Crippen molar-refractivity contribution in [1.29, 1.82) is 0 Å². The summed E-state index contributed by atoms with van der Waals surface area (Å²) in [5.74, 6) is 0.641.